The van der Waals surface area contributed by atoms with Crippen LogP contribution in [0.25, 0.3) is 16.7 Å². The van der Waals surface area contributed by atoms with Crippen LogP contribution in [-0.4, -0.2) is 26.1 Å². The Bertz CT molecular complexity index is 1080. The second-order valence-corrected chi connectivity index (χ2v) is 8.99. The fraction of sp³-hybridized carbons (Fsp3) is 0.286. The molecule has 0 aliphatic heterocycles. The fourth-order valence-corrected chi connectivity index (χ4v) is 3.23. The maximum atomic E-state index is 11.8. The molecule has 7 heteroatoms. The number of nitrogens with zero attached hydrogens (tertiary/aromatic N) is 3. The number of phenolic OH excluding ortho intramolecular Hbond substituents is 1. The molecule has 3 aromatic rings. The molecule has 1 N–H and O–H groups in total. The topological polar surface area (TPSA) is 77.2 Å². The lowest BCUT2D eigenvalue weighted by atomic mass is 9.85. The second kappa shape index (κ2) is 7.54. The van der Waals surface area contributed by atoms with Gasteiger partial charge < -0.3 is 9.84 Å². The summed E-state index contributed by atoms with van der Waals surface area (Å²) in [5.41, 5.74) is 3.39. The molecule has 2 aromatic carbocycles. The van der Waals surface area contributed by atoms with E-state index in [0.717, 1.165) is 25.7 Å². The highest BCUT2D eigenvalue weighted by Crippen LogP contribution is 2.36. The van der Waals surface area contributed by atoms with Crippen molar-refractivity contribution in [2.75, 3.05) is 0 Å². The molecule has 0 radical (unpaired) electrons. The van der Waals surface area contributed by atoms with Crippen molar-refractivity contribution in [1.29, 1.82) is 0 Å². The third kappa shape index (κ3) is 4.19. The predicted molar refractivity (Wildman–Crippen MR) is 117 cm³/mol. The van der Waals surface area contributed by atoms with E-state index < -0.39 is 5.97 Å². The molecule has 0 atom stereocenters. The van der Waals surface area contributed by atoms with E-state index in [0.29, 0.717) is 11.3 Å². The van der Waals surface area contributed by atoms with Crippen molar-refractivity contribution < 1.29 is 14.6 Å². The van der Waals surface area contributed by atoms with Gasteiger partial charge in [-0.15, -0.1) is 15.0 Å². The van der Waals surface area contributed by atoms with Crippen molar-refractivity contribution in [2.45, 2.75) is 39.7 Å². The summed E-state index contributed by atoms with van der Waals surface area (Å²) < 4.78 is 6.34. The molecule has 3 rings (SSSR count). The molecule has 28 heavy (non-hydrogen) atoms. The Morgan fingerprint density at radius 1 is 1.21 bits per heavy atom. The van der Waals surface area contributed by atoms with E-state index in [1.165, 1.54) is 4.80 Å². The Morgan fingerprint density at radius 3 is 2.54 bits per heavy atom. The maximum Gasteiger partial charge on any atom is 0.333 e. The zero-order valence-electron chi connectivity index (χ0n) is 16.3. The third-order valence-electron chi connectivity index (χ3n) is 4.23. The number of ether oxygens (including phenoxy) is 1. The highest BCUT2D eigenvalue weighted by Gasteiger charge is 2.23. The molecule has 0 saturated heterocycles. The van der Waals surface area contributed by atoms with E-state index in [9.17, 15) is 9.90 Å². The van der Waals surface area contributed by atoms with Crippen LogP contribution in [0.15, 0.2) is 42.5 Å². The zero-order valence-corrected chi connectivity index (χ0v) is 18.4. The molecule has 146 valence electrons. The number of aromatic nitrogens is 3. The zero-order chi connectivity index (χ0) is 20.6. The second-order valence-electron chi connectivity index (χ2n) is 7.74. The summed E-state index contributed by atoms with van der Waals surface area (Å²) in [4.78, 5) is 13.2. The summed E-state index contributed by atoms with van der Waals surface area (Å²) in [6.45, 7) is 11.3. The minimum absolute atomic E-state index is 0.0702. The first-order valence-corrected chi connectivity index (χ1v) is 9.86. The van der Waals surface area contributed by atoms with Gasteiger partial charge in [-0.3, -0.25) is 0 Å². The lowest BCUT2D eigenvalue weighted by Crippen LogP contribution is -2.15. The number of carbonyl (C=O) groups excluding carboxylic acids is 1. The Hall–Kier alpha value is -2.42. The Kier molecular flexibility index (Phi) is 5.47. The summed E-state index contributed by atoms with van der Waals surface area (Å²) in [7, 11) is 0. The number of aromatic hydroxyl groups is 1. The summed E-state index contributed by atoms with van der Waals surface area (Å²) in [5, 5.41) is 19.9. The van der Waals surface area contributed by atoms with Crippen molar-refractivity contribution >= 4 is 39.6 Å². The Balaban J connectivity index is 2.11. The van der Waals surface area contributed by atoms with Crippen molar-refractivity contribution in [3.8, 4) is 11.4 Å². The van der Waals surface area contributed by atoms with Gasteiger partial charge in [0.1, 0.15) is 29.1 Å². The molecule has 0 fully saturated rings. The van der Waals surface area contributed by atoms with Gasteiger partial charge in [-0.2, -0.15) is 0 Å². The van der Waals surface area contributed by atoms with Gasteiger partial charge in [0, 0.05) is 14.7 Å². The van der Waals surface area contributed by atoms with Crippen LogP contribution < -0.4 is 0 Å². The van der Waals surface area contributed by atoms with Crippen LogP contribution >= 0.6 is 22.6 Å². The molecule has 0 aliphatic rings. The fourth-order valence-electron chi connectivity index (χ4n) is 2.75. The van der Waals surface area contributed by atoms with Crippen LogP contribution in [-0.2, 0) is 21.6 Å². The van der Waals surface area contributed by atoms with E-state index in [1.807, 2.05) is 45.0 Å². The average molecular weight is 491 g/mol. The van der Waals surface area contributed by atoms with Gasteiger partial charge in [0.05, 0.1) is 0 Å². The van der Waals surface area contributed by atoms with Gasteiger partial charge in [0.15, 0.2) is 0 Å². The minimum atomic E-state index is -0.454. The standard InChI is InChI=1S/C21H22IN3O3/c1-12(2)20(27)28-11-13-8-15(21(3,4)5)19(26)18(9-13)25-23-16-7-6-14(22)10-17(16)24-25/h6-10,26H,1,11H2,2-5H3. The smallest absolute Gasteiger partial charge is 0.333 e. The number of rotatable bonds is 4. The van der Waals surface area contributed by atoms with Crippen molar-refractivity contribution in [2.24, 2.45) is 0 Å². The lowest BCUT2D eigenvalue weighted by Gasteiger charge is -2.23. The number of carbonyl (C=O) groups is 1. The summed E-state index contributed by atoms with van der Waals surface area (Å²) in [6.07, 6.45) is 0. The number of phenols is 1. The van der Waals surface area contributed by atoms with Gasteiger partial charge in [0.2, 0.25) is 0 Å². The van der Waals surface area contributed by atoms with Crippen LogP contribution in [0.5, 0.6) is 5.75 Å². The average Bonchev–Trinajstić information content (AvgIpc) is 3.02. The number of esters is 1. The molecular weight excluding hydrogens is 469 g/mol. The quantitative estimate of drug-likeness (QED) is 0.327. The molecule has 0 spiro atoms. The third-order valence-corrected chi connectivity index (χ3v) is 4.90. The predicted octanol–water partition coefficient (Wildman–Crippen LogP) is 4.65. The monoisotopic (exact) mass is 491 g/mol. The normalized spacial score (nSPS) is 11.6. The van der Waals surface area contributed by atoms with Crippen LogP contribution in [0.1, 0.15) is 38.8 Å². The number of hydrogen-bond acceptors (Lipinski definition) is 5. The first-order valence-electron chi connectivity index (χ1n) is 8.78. The van der Waals surface area contributed by atoms with Gasteiger partial charge in [-0.25, -0.2) is 4.79 Å². The largest absolute Gasteiger partial charge is 0.505 e. The molecule has 0 aliphatic carbocycles. The van der Waals surface area contributed by atoms with Crippen LogP contribution in [0.2, 0.25) is 0 Å². The Morgan fingerprint density at radius 2 is 1.89 bits per heavy atom. The van der Waals surface area contributed by atoms with Crippen molar-refractivity contribution in [3.05, 3.63) is 57.2 Å². The van der Waals surface area contributed by atoms with E-state index in [2.05, 4.69) is 39.4 Å². The first-order chi connectivity index (χ1) is 13.1. The SMILES string of the molecule is C=C(C)C(=O)OCc1cc(-n2nc3ccc(I)cc3n2)c(O)c(C(C)(C)C)c1. The molecule has 0 bridgehead atoms. The van der Waals surface area contributed by atoms with Gasteiger partial charge in [-0.1, -0.05) is 27.4 Å². The number of halogens is 1. The minimum Gasteiger partial charge on any atom is -0.505 e. The summed E-state index contributed by atoms with van der Waals surface area (Å²) >= 11 is 2.22. The van der Waals surface area contributed by atoms with Crippen LogP contribution in [0, 0.1) is 3.57 Å². The maximum absolute atomic E-state index is 11.8. The molecule has 0 amide bonds. The number of fused-ring (bicyclic) bond motifs is 1. The lowest BCUT2D eigenvalue weighted by molar-refractivity contribution is -0.140. The summed E-state index contributed by atoms with van der Waals surface area (Å²) in [6, 6.07) is 9.35. The van der Waals surface area contributed by atoms with Gasteiger partial charge in [0.25, 0.3) is 0 Å². The Labute approximate surface area is 177 Å². The molecule has 1 heterocycles. The van der Waals surface area contributed by atoms with E-state index in [-0.39, 0.29) is 17.8 Å². The van der Waals surface area contributed by atoms with E-state index in [4.69, 9.17) is 4.74 Å². The highest BCUT2D eigenvalue weighted by molar-refractivity contribution is 14.1. The summed E-state index contributed by atoms with van der Waals surface area (Å²) in [5.74, 6) is -0.345. The molecule has 1 aromatic heterocycles. The number of benzene rings is 2. The first kappa shape index (κ1) is 20.3. The molecule has 0 saturated carbocycles. The van der Waals surface area contributed by atoms with Gasteiger partial charge in [-0.05, 0) is 70.8 Å². The molecule has 0 unspecified atom stereocenters. The highest BCUT2D eigenvalue weighted by atomic mass is 127. The van der Waals surface area contributed by atoms with Crippen LogP contribution in [0.3, 0.4) is 0 Å². The number of hydrogen-bond donors (Lipinski definition) is 1. The van der Waals surface area contributed by atoms with E-state index in [1.54, 1.807) is 13.0 Å². The molecule has 6 nitrogen and oxygen atoms in total. The van der Waals surface area contributed by atoms with Gasteiger partial charge >= 0.3 is 5.97 Å². The van der Waals surface area contributed by atoms with Crippen molar-refractivity contribution in [1.82, 2.24) is 15.0 Å². The van der Waals surface area contributed by atoms with E-state index >= 15 is 0 Å². The van der Waals surface area contributed by atoms with Crippen LogP contribution in [0.4, 0.5) is 0 Å². The molecular formula is C21H22IN3O3. The van der Waals surface area contributed by atoms with Crippen molar-refractivity contribution in [3.63, 3.8) is 0 Å².